The fourth-order valence-corrected chi connectivity index (χ4v) is 2.74. The number of nitrogens with zero attached hydrogens (tertiary/aromatic N) is 1. The minimum Gasteiger partial charge on any atom is -0.313 e. The summed E-state index contributed by atoms with van der Waals surface area (Å²) >= 11 is 3.44. The van der Waals surface area contributed by atoms with Crippen LogP contribution in [-0.4, -0.2) is 17.6 Å². The monoisotopic (exact) mass is 278 g/mol. The standard InChI is InChI=1S/C13H15BrN2/c1-8-4-11(7-16-13(8)14)9-2-3-10-6-15-12(10)5-9/h2,4,7,10,12,15H,3,5-6H2,1H3. The first-order valence-electron chi connectivity index (χ1n) is 5.79. The van der Waals surface area contributed by atoms with Crippen LogP contribution in [-0.2, 0) is 0 Å². The van der Waals surface area contributed by atoms with Gasteiger partial charge in [0, 0.05) is 18.8 Å². The van der Waals surface area contributed by atoms with E-state index in [2.05, 4.69) is 45.3 Å². The van der Waals surface area contributed by atoms with Crippen molar-refractivity contribution in [3.05, 3.63) is 34.1 Å². The minimum atomic E-state index is 0.712. The number of aryl methyl sites for hydroxylation is 1. The lowest BCUT2D eigenvalue weighted by atomic mass is 9.78. The van der Waals surface area contributed by atoms with Gasteiger partial charge in [0.15, 0.2) is 0 Å². The predicted octanol–water partition coefficient (Wildman–Crippen LogP) is 2.92. The summed E-state index contributed by atoms with van der Waals surface area (Å²) in [6.45, 7) is 3.29. The molecule has 1 fully saturated rings. The number of rotatable bonds is 1. The molecule has 1 aromatic rings. The van der Waals surface area contributed by atoms with E-state index >= 15 is 0 Å². The molecule has 1 aliphatic carbocycles. The van der Waals surface area contributed by atoms with Gasteiger partial charge in [-0.3, -0.25) is 0 Å². The average molecular weight is 279 g/mol. The lowest BCUT2D eigenvalue weighted by Crippen LogP contribution is -2.53. The van der Waals surface area contributed by atoms with Gasteiger partial charge in [-0.1, -0.05) is 6.08 Å². The van der Waals surface area contributed by atoms with Gasteiger partial charge in [-0.05, 0) is 64.4 Å². The first-order valence-corrected chi connectivity index (χ1v) is 6.58. The number of halogens is 1. The number of hydrogen-bond donors (Lipinski definition) is 1. The minimum absolute atomic E-state index is 0.712. The van der Waals surface area contributed by atoms with Crippen molar-refractivity contribution in [1.82, 2.24) is 10.3 Å². The van der Waals surface area contributed by atoms with Crippen molar-refractivity contribution in [2.75, 3.05) is 6.54 Å². The summed E-state index contributed by atoms with van der Waals surface area (Å²) in [5, 5.41) is 3.50. The first-order chi connectivity index (χ1) is 7.74. The molecule has 1 aliphatic heterocycles. The fraction of sp³-hybridized carbons (Fsp3) is 0.462. The third kappa shape index (κ3) is 1.72. The number of fused-ring (bicyclic) bond motifs is 1. The molecule has 1 aromatic heterocycles. The van der Waals surface area contributed by atoms with Crippen LogP contribution in [0.1, 0.15) is 24.0 Å². The van der Waals surface area contributed by atoms with Crippen LogP contribution in [0.25, 0.3) is 5.57 Å². The van der Waals surface area contributed by atoms with Gasteiger partial charge in [0.1, 0.15) is 4.60 Å². The van der Waals surface area contributed by atoms with Crippen LogP contribution >= 0.6 is 15.9 Å². The summed E-state index contributed by atoms with van der Waals surface area (Å²) < 4.78 is 0.951. The van der Waals surface area contributed by atoms with Gasteiger partial charge in [-0.25, -0.2) is 4.98 Å². The van der Waals surface area contributed by atoms with E-state index in [1.54, 1.807) is 0 Å². The Hall–Kier alpha value is -0.670. The second-order valence-corrected chi connectivity index (χ2v) is 5.53. The zero-order chi connectivity index (χ0) is 11.1. The number of nitrogens with one attached hydrogen (secondary N) is 1. The molecule has 16 heavy (non-hydrogen) atoms. The SMILES string of the molecule is Cc1cc(C2=CCC3CNC3C2)cnc1Br. The Morgan fingerprint density at radius 1 is 1.50 bits per heavy atom. The maximum Gasteiger partial charge on any atom is 0.109 e. The van der Waals surface area contributed by atoms with E-state index in [0.717, 1.165) is 16.9 Å². The van der Waals surface area contributed by atoms with E-state index in [1.165, 1.54) is 29.7 Å². The molecule has 0 spiro atoms. The predicted molar refractivity (Wildman–Crippen MR) is 69.2 cm³/mol. The highest BCUT2D eigenvalue weighted by Gasteiger charge is 2.32. The number of allylic oxidation sites excluding steroid dienone is 1. The van der Waals surface area contributed by atoms with Gasteiger partial charge in [0.05, 0.1) is 0 Å². The smallest absolute Gasteiger partial charge is 0.109 e. The second-order valence-electron chi connectivity index (χ2n) is 4.78. The summed E-state index contributed by atoms with van der Waals surface area (Å²) in [6, 6.07) is 2.94. The molecule has 0 bridgehead atoms. The first kappa shape index (κ1) is 10.5. The highest BCUT2D eigenvalue weighted by molar-refractivity contribution is 9.10. The molecule has 0 aromatic carbocycles. The quantitative estimate of drug-likeness (QED) is 0.799. The number of hydrogen-bond acceptors (Lipinski definition) is 2. The Kier molecular flexibility index (Phi) is 2.60. The van der Waals surface area contributed by atoms with Crippen molar-refractivity contribution in [3.8, 4) is 0 Å². The van der Waals surface area contributed by atoms with Crippen molar-refractivity contribution >= 4 is 21.5 Å². The molecule has 84 valence electrons. The molecule has 2 heterocycles. The largest absolute Gasteiger partial charge is 0.313 e. The van der Waals surface area contributed by atoms with Gasteiger partial charge >= 0.3 is 0 Å². The van der Waals surface area contributed by atoms with E-state index in [-0.39, 0.29) is 0 Å². The molecule has 3 rings (SSSR count). The molecule has 0 amide bonds. The molecule has 2 unspecified atom stereocenters. The summed E-state index contributed by atoms with van der Waals surface area (Å²) in [7, 11) is 0. The summed E-state index contributed by atoms with van der Waals surface area (Å²) in [5.74, 6) is 0.883. The van der Waals surface area contributed by atoms with Crippen LogP contribution in [0.3, 0.4) is 0 Å². The van der Waals surface area contributed by atoms with Crippen LogP contribution in [0, 0.1) is 12.8 Å². The van der Waals surface area contributed by atoms with Crippen LogP contribution < -0.4 is 5.32 Å². The van der Waals surface area contributed by atoms with Crippen LogP contribution in [0.15, 0.2) is 22.9 Å². The summed E-state index contributed by atoms with van der Waals surface area (Å²) in [4.78, 5) is 4.37. The van der Waals surface area contributed by atoms with Crippen molar-refractivity contribution in [3.63, 3.8) is 0 Å². The molecule has 3 heteroatoms. The molecule has 1 saturated heterocycles. The maximum atomic E-state index is 4.37. The molecular formula is C13H15BrN2. The van der Waals surface area contributed by atoms with Crippen LogP contribution in [0.2, 0.25) is 0 Å². The van der Waals surface area contributed by atoms with Gasteiger partial charge in [0.25, 0.3) is 0 Å². The molecule has 0 saturated carbocycles. The van der Waals surface area contributed by atoms with E-state index in [4.69, 9.17) is 0 Å². The summed E-state index contributed by atoms with van der Waals surface area (Å²) in [5.41, 5.74) is 3.95. The molecule has 2 atom stereocenters. The third-order valence-electron chi connectivity index (χ3n) is 3.70. The highest BCUT2D eigenvalue weighted by atomic mass is 79.9. The summed E-state index contributed by atoms with van der Waals surface area (Å²) in [6.07, 6.45) is 6.75. The fourth-order valence-electron chi connectivity index (χ4n) is 2.52. The zero-order valence-corrected chi connectivity index (χ0v) is 10.9. The zero-order valence-electron chi connectivity index (χ0n) is 9.33. The van der Waals surface area contributed by atoms with E-state index in [1.807, 2.05) is 6.20 Å². The van der Waals surface area contributed by atoms with Crippen molar-refractivity contribution in [1.29, 1.82) is 0 Å². The normalized spacial score (nSPS) is 28.0. The van der Waals surface area contributed by atoms with Gasteiger partial charge in [-0.15, -0.1) is 0 Å². The highest BCUT2D eigenvalue weighted by Crippen LogP contribution is 2.34. The van der Waals surface area contributed by atoms with E-state index < -0.39 is 0 Å². The van der Waals surface area contributed by atoms with E-state index in [0.29, 0.717) is 6.04 Å². The van der Waals surface area contributed by atoms with Crippen molar-refractivity contribution in [2.45, 2.75) is 25.8 Å². The van der Waals surface area contributed by atoms with Gasteiger partial charge < -0.3 is 5.32 Å². The Morgan fingerprint density at radius 3 is 3.00 bits per heavy atom. The number of pyridine rings is 1. The molecule has 2 nitrogen and oxygen atoms in total. The van der Waals surface area contributed by atoms with Gasteiger partial charge in [-0.2, -0.15) is 0 Å². The molecule has 2 aliphatic rings. The Morgan fingerprint density at radius 2 is 2.38 bits per heavy atom. The van der Waals surface area contributed by atoms with E-state index in [9.17, 15) is 0 Å². The molecule has 1 N–H and O–H groups in total. The lowest BCUT2D eigenvalue weighted by Gasteiger charge is -2.41. The lowest BCUT2D eigenvalue weighted by molar-refractivity contribution is 0.231. The second kappa shape index (κ2) is 3.97. The molecule has 0 radical (unpaired) electrons. The Labute approximate surface area is 104 Å². The third-order valence-corrected chi connectivity index (χ3v) is 4.53. The van der Waals surface area contributed by atoms with Gasteiger partial charge in [0.2, 0.25) is 0 Å². The Balaban J connectivity index is 1.89. The Bertz CT molecular complexity index is 453. The van der Waals surface area contributed by atoms with Crippen LogP contribution in [0.4, 0.5) is 0 Å². The number of aromatic nitrogens is 1. The van der Waals surface area contributed by atoms with Crippen molar-refractivity contribution < 1.29 is 0 Å². The maximum absolute atomic E-state index is 4.37. The molecular weight excluding hydrogens is 264 g/mol. The average Bonchev–Trinajstić information content (AvgIpc) is 2.24. The topological polar surface area (TPSA) is 24.9 Å². The van der Waals surface area contributed by atoms with Crippen molar-refractivity contribution in [2.24, 2.45) is 5.92 Å². The van der Waals surface area contributed by atoms with Crippen LogP contribution in [0.5, 0.6) is 0 Å².